The summed E-state index contributed by atoms with van der Waals surface area (Å²) in [5, 5.41) is 11.6. The van der Waals surface area contributed by atoms with Crippen molar-refractivity contribution in [2.45, 2.75) is 0 Å². The van der Waals surface area contributed by atoms with Gasteiger partial charge in [-0.2, -0.15) is 5.10 Å². The van der Waals surface area contributed by atoms with E-state index < -0.39 is 0 Å². The second-order valence-corrected chi connectivity index (χ2v) is 7.60. The summed E-state index contributed by atoms with van der Waals surface area (Å²) >= 11 is 0. The zero-order chi connectivity index (χ0) is 21.0. The SMILES string of the molecule is CN1CCN(c2cc(Nc3[nH]nc4ncccc34)nc(C=Cc3ccccc3)n2)CC1. The third kappa shape index (κ3) is 4.39. The lowest BCUT2D eigenvalue weighted by molar-refractivity contribution is 0.312. The summed E-state index contributed by atoms with van der Waals surface area (Å²) in [6.45, 7) is 3.90. The minimum Gasteiger partial charge on any atom is -0.354 e. The first kappa shape index (κ1) is 19.2. The molecule has 0 aliphatic carbocycles. The maximum Gasteiger partial charge on any atom is 0.183 e. The number of nitrogens with zero attached hydrogens (tertiary/aromatic N) is 6. The van der Waals surface area contributed by atoms with Crippen molar-refractivity contribution < 1.29 is 0 Å². The monoisotopic (exact) mass is 412 g/mol. The fraction of sp³-hybridized carbons (Fsp3) is 0.217. The highest BCUT2D eigenvalue weighted by molar-refractivity contribution is 5.88. The van der Waals surface area contributed by atoms with E-state index in [2.05, 4.69) is 49.5 Å². The van der Waals surface area contributed by atoms with Gasteiger partial charge in [-0.15, -0.1) is 0 Å². The van der Waals surface area contributed by atoms with Gasteiger partial charge in [-0.25, -0.2) is 15.0 Å². The van der Waals surface area contributed by atoms with E-state index in [9.17, 15) is 0 Å². The Morgan fingerprint density at radius 3 is 2.65 bits per heavy atom. The minimum absolute atomic E-state index is 0.657. The number of anilines is 3. The molecule has 4 heterocycles. The highest BCUT2D eigenvalue weighted by atomic mass is 15.3. The standard InChI is InChI=1S/C23H24N8/c1-30-12-14-31(15-13-30)21-16-20(27-23-18-8-5-11-24-22(18)28-29-23)25-19(26-21)10-9-17-6-3-2-4-7-17/h2-11,16H,12-15H2,1H3,(H2,24,25,26,27,28,29). The van der Waals surface area contributed by atoms with Crippen molar-refractivity contribution in [1.82, 2.24) is 30.0 Å². The molecule has 1 aromatic carbocycles. The molecule has 0 unspecified atom stereocenters. The Kier molecular flexibility index (Phi) is 5.28. The molecule has 31 heavy (non-hydrogen) atoms. The number of aromatic nitrogens is 5. The topological polar surface area (TPSA) is 85.9 Å². The highest BCUT2D eigenvalue weighted by Crippen LogP contribution is 2.24. The second kappa shape index (κ2) is 8.53. The number of hydrogen-bond acceptors (Lipinski definition) is 7. The van der Waals surface area contributed by atoms with Crippen LogP contribution in [-0.2, 0) is 0 Å². The van der Waals surface area contributed by atoms with Gasteiger partial charge >= 0.3 is 0 Å². The normalized spacial score (nSPS) is 15.1. The number of fused-ring (bicyclic) bond motifs is 1. The van der Waals surface area contributed by atoms with Gasteiger partial charge in [0, 0.05) is 38.4 Å². The first-order chi connectivity index (χ1) is 15.2. The third-order valence-electron chi connectivity index (χ3n) is 5.36. The quantitative estimate of drug-likeness (QED) is 0.519. The van der Waals surface area contributed by atoms with Gasteiger partial charge in [-0.1, -0.05) is 36.4 Å². The van der Waals surface area contributed by atoms with Crippen LogP contribution in [0.4, 0.5) is 17.5 Å². The molecule has 0 amide bonds. The Labute approximate surface area is 180 Å². The molecule has 156 valence electrons. The summed E-state index contributed by atoms with van der Waals surface area (Å²) in [5.74, 6) is 3.06. The Hall–Kier alpha value is -3.78. The zero-order valence-electron chi connectivity index (χ0n) is 17.4. The number of likely N-dealkylation sites (N-methyl/N-ethyl adjacent to an activating group) is 1. The number of aromatic amines is 1. The molecule has 0 radical (unpaired) electrons. The number of piperazine rings is 1. The molecular weight excluding hydrogens is 388 g/mol. The van der Waals surface area contributed by atoms with Gasteiger partial charge in [-0.3, -0.25) is 5.10 Å². The van der Waals surface area contributed by atoms with E-state index in [0.29, 0.717) is 17.3 Å². The zero-order valence-corrected chi connectivity index (χ0v) is 17.4. The summed E-state index contributed by atoms with van der Waals surface area (Å²) in [6, 6.07) is 16.0. The average molecular weight is 413 g/mol. The van der Waals surface area contributed by atoms with E-state index in [0.717, 1.165) is 48.8 Å². The van der Waals surface area contributed by atoms with Crippen molar-refractivity contribution in [2.24, 2.45) is 0 Å². The molecule has 0 bridgehead atoms. The van der Waals surface area contributed by atoms with Crippen LogP contribution in [-0.4, -0.2) is 63.3 Å². The molecule has 1 aliphatic heterocycles. The molecule has 1 aliphatic rings. The van der Waals surface area contributed by atoms with Crippen LogP contribution in [0.5, 0.6) is 0 Å². The number of H-pyrrole nitrogens is 1. The van der Waals surface area contributed by atoms with E-state index in [1.54, 1.807) is 6.20 Å². The summed E-state index contributed by atoms with van der Waals surface area (Å²) in [5.41, 5.74) is 1.78. The average Bonchev–Trinajstić information content (AvgIpc) is 3.21. The molecule has 1 saturated heterocycles. The van der Waals surface area contributed by atoms with Crippen molar-refractivity contribution in [3.63, 3.8) is 0 Å². The van der Waals surface area contributed by atoms with Crippen molar-refractivity contribution in [3.8, 4) is 0 Å². The lowest BCUT2D eigenvalue weighted by Gasteiger charge is -2.33. The molecule has 1 fully saturated rings. The Balaban J connectivity index is 1.48. The van der Waals surface area contributed by atoms with Crippen LogP contribution in [0.1, 0.15) is 11.4 Å². The van der Waals surface area contributed by atoms with Gasteiger partial charge in [0.15, 0.2) is 11.5 Å². The van der Waals surface area contributed by atoms with Crippen molar-refractivity contribution >= 4 is 40.6 Å². The van der Waals surface area contributed by atoms with Gasteiger partial charge in [0.1, 0.15) is 17.5 Å². The Morgan fingerprint density at radius 1 is 0.968 bits per heavy atom. The fourth-order valence-corrected chi connectivity index (χ4v) is 3.60. The Morgan fingerprint density at radius 2 is 1.81 bits per heavy atom. The van der Waals surface area contributed by atoms with Crippen LogP contribution in [0.15, 0.2) is 54.7 Å². The van der Waals surface area contributed by atoms with E-state index in [1.807, 2.05) is 48.6 Å². The first-order valence-corrected chi connectivity index (χ1v) is 10.4. The Bertz CT molecular complexity index is 1190. The summed E-state index contributed by atoms with van der Waals surface area (Å²) < 4.78 is 0. The van der Waals surface area contributed by atoms with E-state index in [4.69, 9.17) is 9.97 Å². The molecule has 0 spiro atoms. The maximum absolute atomic E-state index is 4.82. The predicted molar refractivity (Wildman–Crippen MR) is 124 cm³/mol. The van der Waals surface area contributed by atoms with E-state index in [1.165, 1.54) is 0 Å². The van der Waals surface area contributed by atoms with Crippen LogP contribution >= 0.6 is 0 Å². The largest absolute Gasteiger partial charge is 0.354 e. The number of rotatable bonds is 5. The van der Waals surface area contributed by atoms with Gasteiger partial charge in [0.25, 0.3) is 0 Å². The smallest absolute Gasteiger partial charge is 0.183 e. The molecule has 8 nitrogen and oxygen atoms in total. The number of hydrogen-bond donors (Lipinski definition) is 2. The second-order valence-electron chi connectivity index (χ2n) is 7.60. The molecule has 8 heteroatoms. The number of benzene rings is 1. The lowest BCUT2D eigenvalue weighted by Crippen LogP contribution is -2.44. The molecule has 0 saturated carbocycles. The minimum atomic E-state index is 0.657. The summed E-state index contributed by atoms with van der Waals surface area (Å²) in [7, 11) is 2.15. The fourth-order valence-electron chi connectivity index (χ4n) is 3.60. The molecule has 0 atom stereocenters. The first-order valence-electron chi connectivity index (χ1n) is 10.4. The van der Waals surface area contributed by atoms with Gasteiger partial charge in [0.2, 0.25) is 0 Å². The van der Waals surface area contributed by atoms with Crippen molar-refractivity contribution in [2.75, 3.05) is 43.4 Å². The van der Waals surface area contributed by atoms with Crippen LogP contribution in [0.3, 0.4) is 0 Å². The van der Waals surface area contributed by atoms with Crippen LogP contribution in [0.25, 0.3) is 23.2 Å². The van der Waals surface area contributed by atoms with Crippen LogP contribution in [0, 0.1) is 0 Å². The third-order valence-corrected chi connectivity index (χ3v) is 5.36. The number of nitrogens with one attached hydrogen (secondary N) is 2. The van der Waals surface area contributed by atoms with Crippen LogP contribution < -0.4 is 10.2 Å². The summed E-state index contributed by atoms with van der Waals surface area (Å²) in [6.07, 6.45) is 5.71. The molecule has 3 aromatic heterocycles. The lowest BCUT2D eigenvalue weighted by atomic mass is 10.2. The molecule has 2 N–H and O–H groups in total. The number of pyridine rings is 1. The maximum atomic E-state index is 4.82. The van der Waals surface area contributed by atoms with E-state index >= 15 is 0 Å². The van der Waals surface area contributed by atoms with Crippen molar-refractivity contribution in [1.29, 1.82) is 0 Å². The van der Waals surface area contributed by atoms with Crippen molar-refractivity contribution in [3.05, 3.63) is 66.1 Å². The van der Waals surface area contributed by atoms with Gasteiger partial charge in [-0.05, 0) is 30.8 Å². The van der Waals surface area contributed by atoms with Gasteiger partial charge < -0.3 is 15.1 Å². The van der Waals surface area contributed by atoms with Crippen LogP contribution in [0.2, 0.25) is 0 Å². The van der Waals surface area contributed by atoms with Gasteiger partial charge in [0.05, 0.1) is 5.39 Å². The summed E-state index contributed by atoms with van der Waals surface area (Å²) in [4.78, 5) is 18.5. The predicted octanol–water partition coefficient (Wildman–Crippen LogP) is 3.41. The highest BCUT2D eigenvalue weighted by Gasteiger charge is 2.17. The molecule has 4 aromatic rings. The molecular formula is C23H24N8. The molecule has 5 rings (SSSR count). The van der Waals surface area contributed by atoms with E-state index in [-0.39, 0.29) is 0 Å².